The zero-order valence-electron chi connectivity index (χ0n) is 22.7. The first-order valence-corrected chi connectivity index (χ1v) is 13.5. The molecule has 1 aromatic heterocycles. The van der Waals surface area contributed by atoms with Crippen molar-refractivity contribution in [2.75, 3.05) is 38.6 Å². The van der Waals surface area contributed by atoms with Gasteiger partial charge >= 0.3 is 0 Å². The molecule has 8 heteroatoms. The predicted molar refractivity (Wildman–Crippen MR) is 160 cm³/mol. The SMILES string of the molecule is C[C@@H]1CN(CC(=O)N(C)c2ccc(N=C(c3ccccc3)c3c(O)[nH]c4cc(Cl)ccc34)cc2)[C@@H](C)CN1C. The van der Waals surface area contributed by atoms with Gasteiger partial charge < -0.3 is 19.9 Å². The van der Waals surface area contributed by atoms with Crippen molar-refractivity contribution >= 4 is 45.5 Å². The number of hydrogen-bond donors (Lipinski definition) is 2. The molecule has 0 bridgehead atoms. The minimum absolute atomic E-state index is 0.0317. The number of aliphatic imine (C=N–C) groups is 1. The number of halogens is 1. The molecule has 1 fully saturated rings. The molecule has 0 aliphatic carbocycles. The maximum atomic E-state index is 13.1. The minimum atomic E-state index is 0.0317. The average molecular weight is 544 g/mol. The third kappa shape index (κ3) is 5.71. The van der Waals surface area contributed by atoms with Crippen molar-refractivity contribution < 1.29 is 9.90 Å². The number of nitrogens with zero attached hydrogens (tertiary/aromatic N) is 4. The normalized spacial score (nSPS) is 18.9. The number of likely N-dealkylation sites (N-methyl/N-ethyl adjacent to an activating group) is 2. The van der Waals surface area contributed by atoms with Gasteiger partial charge in [0, 0.05) is 53.9 Å². The van der Waals surface area contributed by atoms with Crippen molar-refractivity contribution in [1.29, 1.82) is 0 Å². The van der Waals surface area contributed by atoms with Crippen LogP contribution in [-0.4, -0.2) is 77.3 Å². The quantitative estimate of drug-likeness (QED) is 0.307. The van der Waals surface area contributed by atoms with E-state index in [9.17, 15) is 9.90 Å². The van der Waals surface area contributed by atoms with Crippen molar-refractivity contribution in [1.82, 2.24) is 14.8 Å². The van der Waals surface area contributed by atoms with Crippen LogP contribution in [0.5, 0.6) is 5.88 Å². The number of piperazine rings is 1. The Hall–Kier alpha value is -3.65. The number of rotatable bonds is 6. The van der Waals surface area contributed by atoms with Crippen LogP contribution in [-0.2, 0) is 4.79 Å². The van der Waals surface area contributed by atoms with Crippen LogP contribution in [0.1, 0.15) is 25.0 Å². The maximum Gasteiger partial charge on any atom is 0.240 e. The molecule has 1 aliphatic heterocycles. The van der Waals surface area contributed by atoms with Gasteiger partial charge in [-0.2, -0.15) is 0 Å². The first-order chi connectivity index (χ1) is 18.7. The van der Waals surface area contributed by atoms with Crippen molar-refractivity contribution in [3.8, 4) is 5.88 Å². The third-order valence-corrected chi connectivity index (χ3v) is 7.88. The average Bonchev–Trinajstić information content (AvgIpc) is 3.25. The van der Waals surface area contributed by atoms with Gasteiger partial charge in [-0.3, -0.25) is 9.69 Å². The summed E-state index contributed by atoms with van der Waals surface area (Å²) >= 11 is 6.18. The van der Waals surface area contributed by atoms with Crippen molar-refractivity contribution in [3.05, 3.63) is 88.9 Å². The molecule has 0 unspecified atom stereocenters. The third-order valence-electron chi connectivity index (χ3n) is 7.64. The molecule has 202 valence electrons. The van der Waals surface area contributed by atoms with Crippen LogP contribution in [0.15, 0.2) is 77.8 Å². The first kappa shape index (κ1) is 26.9. The Balaban J connectivity index is 1.42. The van der Waals surface area contributed by atoms with Crippen LogP contribution >= 0.6 is 11.6 Å². The summed E-state index contributed by atoms with van der Waals surface area (Å²) in [5.41, 5.74) is 4.37. The maximum absolute atomic E-state index is 13.1. The van der Waals surface area contributed by atoms with Gasteiger partial charge in [-0.15, -0.1) is 0 Å². The summed E-state index contributed by atoms with van der Waals surface area (Å²) in [7, 11) is 3.95. The Kier molecular flexibility index (Phi) is 7.75. The highest BCUT2D eigenvalue weighted by atomic mass is 35.5. The predicted octanol–water partition coefficient (Wildman–Crippen LogP) is 5.68. The van der Waals surface area contributed by atoms with Crippen molar-refractivity contribution in [3.63, 3.8) is 0 Å². The number of H-pyrrole nitrogens is 1. The van der Waals surface area contributed by atoms with Crippen LogP contribution in [0.3, 0.4) is 0 Å². The number of carbonyl (C=O) groups excluding carboxylic acids is 1. The fraction of sp³-hybridized carbons (Fsp3) is 0.290. The number of carbonyl (C=O) groups is 1. The standard InChI is InChI=1S/C31H34ClN5O2/c1-20-18-37(21(2)17-35(20)3)19-28(38)36(4)25-13-11-24(12-14-25)33-30(22-8-6-5-7-9-22)29-26-15-10-23(32)16-27(26)34-31(29)39/h5-16,20-21,34,39H,17-19H2,1-4H3/t20-,21+/m1/s1. The first-order valence-electron chi connectivity index (χ1n) is 13.2. The van der Waals surface area contributed by atoms with Gasteiger partial charge in [0.2, 0.25) is 5.91 Å². The van der Waals surface area contributed by atoms with Gasteiger partial charge in [-0.25, -0.2) is 4.99 Å². The number of anilines is 1. The van der Waals surface area contributed by atoms with Crippen molar-refractivity contribution in [2.45, 2.75) is 25.9 Å². The lowest BCUT2D eigenvalue weighted by Crippen LogP contribution is -2.57. The Labute approximate surface area is 234 Å². The second-order valence-electron chi connectivity index (χ2n) is 10.4. The van der Waals surface area contributed by atoms with E-state index in [0.717, 1.165) is 35.2 Å². The highest BCUT2D eigenvalue weighted by Crippen LogP contribution is 2.33. The molecule has 0 radical (unpaired) electrons. The summed E-state index contributed by atoms with van der Waals surface area (Å²) in [5, 5.41) is 12.3. The van der Waals surface area contributed by atoms with E-state index in [1.807, 2.05) is 67.7 Å². The minimum Gasteiger partial charge on any atom is -0.494 e. The molecule has 4 aromatic rings. The van der Waals surface area contributed by atoms with E-state index in [1.165, 1.54) is 0 Å². The molecule has 3 aromatic carbocycles. The summed E-state index contributed by atoms with van der Waals surface area (Å²) in [6, 6.07) is 23.6. The molecule has 2 atom stereocenters. The lowest BCUT2D eigenvalue weighted by atomic mass is 10.0. The molecule has 0 saturated carbocycles. The zero-order chi connectivity index (χ0) is 27.7. The lowest BCUT2D eigenvalue weighted by Gasteiger charge is -2.42. The van der Waals surface area contributed by atoms with Crippen LogP contribution in [0, 0.1) is 0 Å². The molecular weight excluding hydrogens is 510 g/mol. The molecule has 1 aliphatic rings. The van der Waals surface area contributed by atoms with E-state index in [0.29, 0.717) is 40.6 Å². The summed E-state index contributed by atoms with van der Waals surface area (Å²) in [5.74, 6) is 0.0893. The van der Waals surface area contributed by atoms with Gasteiger partial charge in [-0.05, 0) is 57.3 Å². The molecule has 39 heavy (non-hydrogen) atoms. The molecule has 7 nitrogen and oxygen atoms in total. The van der Waals surface area contributed by atoms with Gasteiger partial charge in [0.25, 0.3) is 0 Å². The molecule has 2 N–H and O–H groups in total. The summed E-state index contributed by atoms with van der Waals surface area (Å²) in [6.07, 6.45) is 0. The largest absolute Gasteiger partial charge is 0.494 e. The number of aromatic amines is 1. The fourth-order valence-electron chi connectivity index (χ4n) is 5.15. The number of fused-ring (bicyclic) bond motifs is 1. The monoisotopic (exact) mass is 543 g/mol. The van der Waals surface area contributed by atoms with Crippen molar-refractivity contribution in [2.24, 2.45) is 4.99 Å². The van der Waals surface area contributed by atoms with E-state index in [2.05, 4.69) is 35.7 Å². The Morgan fingerprint density at radius 3 is 2.49 bits per heavy atom. The molecule has 1 amide bonds. The van der Waals surface area contributed by atoms with Crippen LogP contribution in [0.2, 0.25) is 5.02 Å². The number of aromatic hydroxyl groups is 1. The van der Waals surface area contributed by atoms with Crippen LogP contribution in [0.25, 0.3) is 10.9 Å². The van der Waals surface area contributed by atoms with E-state index >= 15 is 0 Å². The molecule has 0 spiro atoms. The molecule has 2 heterocycles. The summed E-state index contributed by atoms with van der Waals surface area (Å²) < 4.78 is 0. The smallest absolute Gasteiger partial charge is 0.240 e. The summed E-state index contributed by atoms with van der Waals surface area (Å²) in [4.78, 5) is 27.4. The van der Waals surface area contributed by atoms with E-state index in [1.54, 1.807) is 17.0 Å². The second-order valence-corrected chi connectivity index (χ2v) is 10.8. The van der Waals surface area contributed by atoms with Gasteiger partial charge in [0.05, 0.1) is 29.0 Å². The van der Waals surface area contributed by atoms with E-state index in [-0.39, 0.29) is 11.8 Å². The Morgan fingerprint density at radius 1 is 1.05 bits per heavy atom. The van der Waals surface area contributed by atoms with Crippen LogP contribution < -0.4 is 4.90 Å². The lowest BCUT2D eigenvalue weighted by molar-refractivity contribution is -0.120. The molecule has 5 rings (SSSR count). The topological polar surface area (TPSA) is 75.2 Å². The van der Waals surface area contributed by atoms with Gasteiger partial charge in [-0.1, -0.05) is 48.0 Å². The number of amides is 1. The molecule has 1 saturated heterocycles. The van der Waals surface area contributed by atoms with Crippen LogP contribution in [0.4, 0.5) is 11.4 Å². The Morgan fingerprint density at radius 2 is 1.77 bits per heavy atom. The van der Waals surface area contributed by atoms with E-state index in [4.69, 9.17) is 16.6 Å². The number of nitrogens with one attached hydrogen (secondary N) is 1. The highest BCUT2D eigenvalue weighted by molar-refractivity contribution is 6.31. The van der Waals surface area contributed by atoms with E-state index < -0.39 is 0 Å². The zero-order valence-corrected chi connectivity index (χ0v) is 23.5. The van der Waals surface area contributed by atoms with Gasteiger partial charge in [0.15, 0.2) is 5.88 Å². The second kappa shape index (κ2) is 11.2. The number of hydrogen-bond acceptors (Lipinski definition) is 5. The highest BCUT2D eigenvalue weighted by Gasteiger charge is 2.29. The number of aromatic nitrogens is 1. The molecular formula is C31H34ClN5O2. The van der Waals surface area contributed by atoms with Gasteiger partial charge in [0.1, 0.15) is 0 Å². The fourth-order valence-corrected chi connectivity index (χ4v) is 5.32. The summed E-state index contributed by atoms with van der Waals surface area (Å²) in [6.45, 7) is 6.58. The Bertz CT molecular complexity index is 1500. The number of benzene rings is 3.